The van der Waals surface area contributed by atoms with E-state index in [2.05, 4.69) is 5.32 Å². The Bertz CT molecular complexity index is 1010. The number of amides is 1. The van der Waals surface area contributed by atoms with Gasteiger partial charge in [0.05, 0.1) is 17.1 Å². The van der Waals surface area contributed by atoms with Crippen molar-refractivity contribution in [2.24, 2.45) is 0 Å². The fourth-order valence-corrected chi connectivity index (χ4v) is 5.02. The lowest BCUT2D eigenvalue weighted by molar-refractivity contribution is -0.0440. The van der Waals surface area contributed by atoms with Crippen LogP contribution in [0, 0.1) is 0 Å². The third kappa shape index (κ3) is 4.07. The second-order valence-electron chi connectivity index (χ2n) is 7.13. The number of benzene rings is 2. The van der Waals surface area contributed by atoms with Gasteiger partial charge in [0.25, 0.3) is 5.91 Å². The first kappa shape index (κ1) is 19.7. The van der Waals surface area contributed by atoms with E-state index >= 15 is 0 Å². The molecular formula is C20H22N2O6S. The Balaban J connectivity index is 1.47. The Morgan fingerprint density at radius 2 is 1.66 bits per heavy atom. The monoisotopic (exact) mass is 418 g/mol. The molecular weight excluding hydrogens is 396 g/mol. The first-order chi connectivity index (χ1) is 13.8. The molecule has 0 aromatic heterocycles. The molecule has 1 fully saturated rings. The maximum absolute atomic E-state index is 12.9. The highest BCUT2D eigenvalue weighted by molar-refractivity contribution is 7.89. The molecule has 8 nitrogen and oxygen atoms in total. The molecule has 2 heterocycles. The Hall–Kier alpha value is -2.62. The van der Waals surface area contributed by atoms with Crippen LogP contribution in [0.15, 0.2) is 47.4 Å². The summed E-state index contributed by atoms with van der Waals surface area (Å²) in [6.07, 6.45) is -0.333. The summed E-state index contributed by atoms with van der Waals surface area (Å²) in [4.78, 5) is 12.7. The Kier molecular flexibility index (Phi) is 5.20. The number of carbonyl (C=O) groups is 1. The second kappa shape index (κ2) is 7.66. The van der Waals surface area contributed by atoms with E-state index in [1.807, 2.05) is 13.8 Å². The molecule has 2 aliphatic heterocycles. The van der Waals surface area contributed by atoms with Crippen molar-refractivity contribution in [1.82, 2.24) is 4.31 Å². The molecule has 4 rings (SSSR count). The van der Waals surface area contributed by atoms with Crippen molar-refractivity contribution in [1.29, 1.82) is 0 Å². The van der Waals surface area contributed by atoms with Crippen LogP contribution in [0.2, 0.25) is 0 Å². The van der Waals surface area contributed by atoms with Crippen LogP contribution in [-0.4, -0.2) is 50.7 Å². The largest absolute Gasteiger partial charge is 0.454 e. The van der Waals surface area contributed by atoms with E-state index in [1.165, 1.54) is 28.6 Å². The van der Waals surface area contributed by atoms with Crippen LogP contribution in [-0.2, 0) is 14.8 Å². The van der Waals surface area contributed by atoms with E-state index in [1.54, 1.807) is 18.2 Å². The number of hydrogen-bond acceptors (Lipinski definition) is 6. The second-order valence-corrected chi connectivity index (χ2v) is 9.06. The minimum Gasteiger partial charge on any atom is -0.454 e. The van der Waals surface area contributed by atoms with Crippen molar-refractivity contribution in [2.75, 3.05) is 25.2 Å². The van der Waals surface area contributed by atoms with Gasteiger partial charge in [0, 0.05) is 30.4 Å². The van der Waals surface area contributed by atoms with Crippen molar-refractivity contribution in [2.45, 2.75) is 31.0 Å². The highest BCUT2D eigenvalue weighted by Crippen LogP contribution is 2.34. The topological polar surface area (TPSA) is 94.2 Å². The number of nitrogens with zero attached hydrogens (tertiary/aromatic N) is 1. The number of anilines is 1. The van der Waals surface area contributed by atoms with Gasteiger partial charge in [0.1, 0.15) is 0 Å². The van der Waals surface area contributed by atoms with Crippen molar-refractivity contribution in [3.05, 3.63) is 48.0 Å². The van der Waals surface area contributed by atoms with Gasteiger partial charge in [-0.05, 0) is 50.2 Å². The number of nitrogens with one attached hydrogen (secondary N) is 1. The lowest BCUT2D eigenvalue weighted by Gasteiger charge is -2.34. The number of morpholine rings is 1. The van der Waals surface area contributed by atoms with Gasteiger partial charge < -0.3 is 19.5 Å². The van der Waals surface area contributed by atoms with Gasteiger partial charge in [-0.2, -0.15) is 4.31 Å². The molecule has 2 aromatic rings. The van der Waals surface area contributed by atoms with E-state index in [-0.39, 0.29) is 29.8 Å². The Morgan fingerprint density at radius 1 is 1.00 bits per heavy atom. The third-order valence-corrected chi connectivity index (χ3v) is 6.62. The predicted molar refractivity (Wildman–Crippen MR) is 106 cm³/mol. The summed E-state index contributed by atoms with van der Waals surface area (Å²) in [5.41, 5.74) is 0.914. The van der Waals surface area contributed by atoms with Gasteiger partial charge in [-0.15, -0.1) is 0 Å². The lowest BCUT2D eigenvalue weighted by atomic mass is 10.2. The highest BCUT2D eigenvalue weighted by atomic mass is 32.2. The first-order valence-electron chi connectivity index (χ1n) is 9.29. The molecule has 1 N–H and O–H groups in total. The minimum absolute atomic E-state index is 0.151. The average molecular weight is 418 g/mol. The van der Waals surface area contributed by atoms with Gasteiger partial charge in [-0.1, -0.05) is 0 Å². The molecule has 0 saturated carbocycles. The SMILES string of the molecule is C[C@@H]1CN(S(=O)(=O)c2ccc(C(=O)Nc3ccc4c(c3)OCO4)cc2)C[C@@H](C)O1. The van der Waals surface area contributed by atoms with Crippen molar-refractivity contribution in [3.63, 3.8) is 0 Å². The van der Waals surface area contributed by atoms with Crippen molar-refractivity contribution in [3.8, 4) is 11.5 Å². The highest BCUT2D eigenvalue weighted by Gasteiger charge is 2.32. The zero-order valence-corrected chi connectivity index (χ0v) is 16.9. The average Bonchev–Trinajstić information content (AvgIpc) is 3.15. The molecule has 2 aliphatic rings. The van der Waals surface area contributed by atoms with Crippen LogP contribution >= 0.6 is 0 Å². The summed E-state index contributed by atoms with van der Waals surface area (Å²) in [6.45, 7) is 4.46. The molecule has 1 saturated heterocycles. The quantitative estimate of drug-likeness (QED) is 0.820. The molecule has 1 amide bonds. The lowest BCUT2D eigenvalue weighted by Crippen LogP contribution is -2.48. The molecule has 0 aliphatic carbocycles. The standard InChI is InChI=1S/C20H22N2O6S/c1-13-10-22(11-14(2)28-13)29(24,25)17-6-3-15(4-7-17)20(23)21-16-5-8-18-19(9-16)27-12-26-18/h3-9,13-14H,10-12H2,1-2H3,(H,21,23)/t13-,14-/m1/s1. The number of rotatable bonds is 4. The summed E-state index contributed by atoms with van der Waals surface area (Å²) in [6, 6.07) is 11.0. The van der Waals surface area contributed by atoms with Crippen LogP contribution in [0.3, 0.4) is 0 Å². The molecule has 2 atom stereocenters. The molecule has 0 bridgehead atoms. The van der Waals surface area contributed by atoms with Crippen LogP contribution < -0.4 is 14.8 Å². The third-order valence-electron chi connectivity index (χ3n) is 4.77. The maximum atomic E-state index is 12.9. The molecule has 29 heavy (non-hydrogen) atoms. The summed E-state index contributed by atoms with van der Waals surface area (Å²) >= 11 is 0. The van der Waals surface area contributed by atoms with E-state index in [4.69, 9.17) is 14.2 Å². The van der Waals surface area contributed by atoms with Crippen LogP contribution in [0.4, 0.5) is 5.69 Å². The normalized spacial score (nSPS) is 21.7. The summed E-state index contributed by atoms with van der Waals surface area (Å²) in [5.74, 6) is 0.851. The number of carbonyl (C=O) groups excluding carboxylic acids is 1. The molecule has 0 unspecified atom stereocenters. The number of hydrogen-bond donors (Lipinski definition) is 1. The van der Waals surface area contributed by atoms with E-state index in [0.29, 0.717) is 35.8 Å². The molecule has 154 valence electrons. The maximum Gasteiger partial charge on any atom is 0.255 e. The summed E-state index contributed by atoms with van der Waals surface area (Å²) in [5, 5.41) is 2.77. The first-order valence-corrected chi connectivity index (χ1v) is 10.7. The summed E-state index contributed by atoms with van der Waals surface area (Å²) in [7, 11) is -3.64. The van der Waals surface area contributed by atoms with Gasteiger partial charge >= 0.3 is 0 Å². The Morgan fingerprint density at radius 3 is 2.34 bits per heavy atom. The zero-order chi connectivity index (χ0) is 20.6. The van der Waals surface area contributed by atoms with Crippen molar-refractivity contribution < 1.29 is 27.4 Å². The van der Waals surface area contributed by atoms with E-state index in [9.17, 15) is 13.2 Å². The fourth-order valence-electron chi connectivity index (χ4n) is 3.43. The number of ether oxygens (including phenoxy) is 3. The number of sulfonamides is 1. The number of fused-ring (bicyclic) bond motifs is 1. The van der Waals surface area contributed by atoms with Crippen LogP contribution in [0.1, 0.15) is 24.2 Å². The van der Waals surface area contributed by atoms with E-state index in [0.717, 1.165) is 0 Å². The summed E-state index contributed by atoms with van der Waals surface area (Å²) < 4.78 is 43.4. The molecule has 0 radical (unpaired) electrons. The molecule has 9 heteroatoms. The van der Waals surface area contributed by atoms with Crippen molar-refractivity contribution >= 4 is 21.6 Å². The smallest absolute Gasteiger partial charge is 0.255 e. The Labute approximate surface area is 169 Å². The van der Waals surface area contributed by atoms with Crippen LogP contribution in [0.5, 0.6) is 11.5 Å². The molecule has 0 spiro atoms. The minimum atomic E-state index is -3.64. The van der Waals surface area contributed by atoms with Gasteiger partial charge in [0.15, 0.2) is 11.5 Å². The van der Waals surface area contributed by atoms with Gasteiger partial charge in [-0.25, -0.2) is 8.42 Å². The predicted octanol–water partition coefficient (Wildman–Crippen LogP) is 2.47. The molecule has 2 aromatic carbocycles. The fraction of sp³-hybridized carbons (Fsp3) is 0.350. The van der Waals surface area contributed by atoms with Crippen LogP contribution in [0.25, 0.3) is 0 Å². The zero-order valence-electron chi connectivity index (χ0n) is 16.1. The van der Waals surface area contributed by atoms with Gasteiger partial charge in [-0.3, -0.25) is 4.79 Å². The van der Waals surface area contributed by atoms with Gasteiger partial charge in [0.2, 0.25) is 16.8 Å². The van der Waals surface area contributed by atoms with E-state index < -0.39 is 10.0 Å².